The summed E-state index contributed by atoms with van der Waals surface area (Å²) in [7, 11) is 0. The number of hydrogen-bond donors (Lipinski definition) is 3. The van der Waals surface area contributed by atoms with E-state index >= 15 is 0 Å². The maximum Gasteiger partial charge on any atom is 0.255 e. The average molecular weight is 533 g/mol. The van der Waals surface area contributed by atoms with Crippen LogP contribution in [-0.4, -0.2) is 58.2 Å². The van der Waals surface area contributed by atoms with E-state index in [1.165, 1.54) is 0 Å². The van der Waals surface area contributed by atoms with Gasteiger partial charge in [0.05, 0.1) is 6.04 Å². The van der Waals surface area contributed by atoms with Crippen LogP contribution in [0.15, 0.2) is 48.5 Å². The van der Waals surface area contributed by atoms with Gasteiger partial charge in [0, 0.05) is 35.1 Å². The summed E-state index contributed by atoms with van der Waals surface area (Å²) in [5.74, 6) is 0.179. The molecule has 2 aromatic carbocycles. The van der Waals surface area contributed by atoms with Gasteiger partial charge >= 0.3 is 0 Å². The van der Waals surface area contributed by atoms with E-state index in [2.05, 4.69) is 28.6 Å². The van der Waals surface area contributed by atoms with Crippen LogP contribution in [0.3, 0.4) is 0 Å². The molecular weight excluding hydrogens is 496 g/mol. The SMILES string of the molecule is CCCCCCNC(=O)[C@H](CCSC)NC(=O)[C@@H]1Cc2c([nH]c3ccccc23)C2c3ccccc3C(=O)N21. The third kappa shape index (κ3) is 4.94. The van der Waals surface area contributed by atoms with Gasteiger partial charge in [-0.1, -0.05) is 62.6 Å². The normalized spacial score (nSPS) is 18.6. The van der Waals surface area contributed by atoms with Crippen LogP contribution in [-0.2, 0) is 16.0 Å². The molecule has 200 valence electrons. The fraction of sp³-hybridized carbons (Fsp3) is 0.433. The van der Waals surface area contributed by atoms with E-state index in [1.807, 2.05) is 48.7 Å². The zero-order valence-corrected chi connectivity index (χ0v) is 22.9. The van der Waals surface area contributed by atoms with Gasteiger partial charge in [0.25, 0.3) is 5.91 Å². The van der Waals surface area contributed by atoms with Crippen molar-refractivity contribution in [2.75, 3.05) is 18.6 Å². The number of rotatable bonds is 11. The summed E-state index contributed by atoms with van der Waals surface area (Å²) in [5, 5.41) is 7.12. The maximum atomic E-state index is 13.9. The van der Waals surface area contributed by atoms with Crippen LogP contribution in [0, 0.1) is 0 Å². The summed E-state index contributed by atoms with van der Waals surface area (Å²) in [4.78, 5) is 45.9. The molecule has 3 atom stereocenters. The number of fused-ring (bicyclic) bond motifs is 7. The molecule has 3 heterocycles. The molecule has 2 aliphatic heterocycles. The van der Waals surface area contributed by atoms with Crippen LogP contribution in [0.2, 0.25) is 0 Å². The van der Waals surface area contributed by atoms with Gasteiger partial charge in [-0.05, 0) is 48.1 Å². The van der Waals surface area contributed by atoms with E-state index in [1.54, 1.807) is 16.7 Å². The first kappa shape index (κ1) is 26.4. The second-order valence-corrected chi connectivity index (χ2v) is 11.2. The molecule has 5 rings (SSSR count). The van der Waals surface area contributed by atoms with Crippen LogP contribution in [0.5, 0.6) is 0 Å². The maximum absolute atomic E-state index is 13.9. The standard InChI is InChI=1S/C30H36N4O3S/c1-3-4-5-10-16-31-28(35)24(15-17-38-2)33-29(36)25-18-22-19-11-8-9-14-23(19)32-26(22)27-20-12-6-7-13-21(20)30(37)34(25)27/h6-9,11-14,24-25,27,32H,3-5,10,15-18H2,1-2H3,(H,31,35)(H,33,36)/t24-,25-,27?/m0/s1. The number of para-hydroxylation sites is 1. The van der Waals surface area contributed by atoms with Gasteiger partial charge in [0.1, 0.15) is 12.1 Å². The topological polar surface area (TPSA) is 94.3 Å². The number of aromatic nitrogens is 1. The Labute approximate surface area is 228 Å². The van der Waals surface area contributed by atoms with Gasteiger partial charge in [-0.3, -0.25) is 14.4 Å². The molecule has 0 radical (unpaired) electrons. The lowest BCUT2D eigenvalue weighted by Gasteiger charge is -2.37. The Morgan fingerprint density at radius 2 is 1.89 bits per heavy atom. The summed E-state index contributed by atoms with van der Waals surface area (Å²) in [5.41, 5.74) is 4.57. The number of H-pyrrole nitrogens is 1. The molecule has 3 N–H and O–H groups in total. The minimum atomic E-state index is -0.708. The molecule has 0 spiro atoms. The van der Waals surface area contributed by atoms with Crippen molar-refractivity contribution < 1.29 is 14.4 Å². The van der Waals surface area contributed by atoms with Crippen LogP contribution < -0.4 is 10.6 Å². The van der Waals surface area contributed by atoms with Gasteiger partial charge in [-0.25, -0.2) is 0 Å². The first-order chi connectivity index (χ1) is 18.5. The quantitative estimate of drug-likeness (QED) is 0.315. The number of nitrogens with zero attached hydrogens (tertiary/aromatic N) is 1. The first-order valence-electron chi connectivity index (χ1n) is 13.6. The Kier molecular flexibility index (Phi) is 8.07. The Bertz CT molecular complexity index is 1340. The molecule has 3 aromatic rings. The van der Waals surface area contributed by atoms with Gasteiger partial charge in [0.15, 0.2) is 0 Å². The van der Waals surface area contributed by atoms with Crippen molar-refractivity contribution >= 4 is 40.4 Å². The predicted molar refractivity (Wildman–Crippen MR) is 152 cm³/mol. The number of nitrogens with one attached hydrogen (secondary N) is 3. The molecule has 8 heteroatoms. The molecule has 1 aromatic heterocycles. The van der Waals surface area contributed by atoms with E-state index in [0.717, 1.165) is 59.2 Å². The Morgan fingerprint density at radius 3 is 2.71 bits per heavy atom. The van der Waals surface area contributed by atoms with Crippen LogP contribution in [0.25, 0.3) is 10.9 Å². The summed E-state index contributed by atoms with van der Waals surface area (Å²) >= 11 is 1.65. The Balaban J connectivity index is 1.42. The summed E-state index contributed by atoms with van der Waals surface area (Å²) in [6.07, 6.45) is 7.22. The number of carbonyl (C=O) groups excluding carboxylic acids is 3. The van der Waals surface area contributed by atoms with Crippen molar-refractivity contribution in [3.63, 3.8) is 0 Å². The molecule has 0 aliphatic carbocycles. The van der Waals surface area contributed by atoms with Gasteiger partial charge in [-0.2, -0.15) is 11.8 Å². The fourth-order valence-electron chi connectivity index (χ4n) is 5.80. The molecule has 38 heavy (non-hydrogen) atoms. The molecule has 0 fully saturated rings. The van der Waals surface area contributed by atoms with E-state index in [4.69, 9.17) is 0 Å². The average Bonchev–Trinajstić information content (AvgIpc) is 3.45. The van der Waals surface area contributed by atoms with Gasteiger partial charge in [-0.15, -0.1) is 0 Å². The second-order valence-electron chi connectivity index (χ2n) is 10.2. The predicted octanol–water partition coefficient (Wildman–Crippen LogP) is 4.57. The van der Waals surface area contributed by atoms with Crippen molar-refractivity contribution in [3.05, 3.63) is 70.9 Å². The number of aromatic amines is 1. The van der Waals surface area contributed by atoms with Crippen molar-refractivity contribution in [3.8, 4) is 0 Å². The van der Waals surface area contributed by atoms with Crippen LogP contribution in [0.1, 0.15) is 72.2 Å². The highest BCUT2D eigenvalue weighted by molar-refractivity contribution is 7.98. The number of carbonyl (C=O) groups is 3. The van der Waals surface area contributed by atoms with E-state index < -0.39 is 12.1 Å². The lowest BCUT2D eigenvalue weighted by molar-refractivity contribution is -0.132. The number of unbranched alkanes of at least 4 members (excludes halogenated alkanes) is 3. The summed E-state index contributed by atoms with van der Waals surface area (Å²) < 4.78 is 0. The van der Waals surface area contributed by atoms with Crippen molar-refractivity contribution in [2.45, 2.75) is 63.6 Å². The highest BCUT2D eigenvalue weighted by Crippen LogP contribution is 2.46. The number of thioether (sulfide) groups is 1. The van der Waals surface area contributed by atoms with E-state index in [0.29, 0.717) is 24.9 Å². The summed E-state index contributed by atoms with van der Waals surface area (Å²) in [6, 6.07) is 14.0. The number of hydrogen-bond acceptors (Lipinski definition) is 4. The highest BCUT2D eigenvalue weighted by atomic mass is 32.2. The lowest BCUT2D eigenvalue weighted by Crippen LogP contribution is -2.56. The molecule has 0 saturated carbocycles. The zero-order valence-electron chi connectivity index (χ0n) is 22.1. The molecule has 0 saturated heterocycles. The Morgan fingerprint density at radius 1 is 1.11 bits per heavy atom. The largest absolute Gasteiger partial charge is 0.356 e. The summed E-state index contributed by atoms with van der Waals surface area (Å²) in [6.45, 7) is 2.76. The smallest absolute Gasteiger partial charge is 0.255 e. The fourth-order valence-corrected chi connectivity index (χ4v) is 6.27. The van der Waals surface area contributed by atoms with Crippen molar-refractivity contribution in [2.24, 2.45) is 0 Å². The second kappa shape index (κ2) is 11.6. The molecule has 7 nitrogen and oxygen atoms in total. The minimum Gasteiger partial charge on any atom is -0.356 e. The zero-order chi connectivity index (χ0) is 26.6. The molecule has 2 aliphatic rings. The van der Waals surface area contributed by atoms with E-state index in [9.17, 15) is 14.4 Å². The van der Waals surface area contributed by atoms with Gasteiger partial charge < -0.3 is 20.5 Å². The third-order valence-corrected chi connectivity index (χ3v) is 8.37. The van der Waals surface area contributed by atoms with Crippen LogP contribution >= 0.6 is 11.8 Å². The Hall–Kier alpha value is -3.26. The number of benzene rings is 2. The highest BCUT2D eigenvalue weighted by Gasteiger charge is 2.49. The lowest BCUT2D eigenvalue weighted by atomic mass is 9.89. The monoisotopic (exact) mass is 532 g/mol. The minimum absolute atomic E-state index is 0.143. The first-order valence-corrected chi connectivity index (χ1v) is 15.0. The molecular formula is C30H36N4O3S. The third-order valence-electron chi connectivity index (χ3n) is 7.73. The van der Waals surface area contributed by atoms with Crippen LogP contribution in [0.4, 0.5) is 0 Å². The molecule has 1 unspecified atom stereocenters. The van der Waals surface area contributed by atoms with Crippen molar-refractivity contribution in [1.29, 1.82) is 0 Å². The van der Waals surface area contributed by atoms with Crippen molar-refractivity contribution in [1.82, 2.24) is 20.5 Å². The molecule has 3 amide bonds. The van der Waals surface area contributed by atoms with Gasteiger partial charge in [0.2, 0.25) is 11.8 Å². The van der Waals surface area contributed by atoms with E-state index in [-0.39, 0.29) is 23.8 Å². The molecule has 0 bridgehead atoms. The number of amides is 3.